The molecule has 114 valence electrons. The first-order valence-electron chi connectivity index (χ1n) is 7.48. The third-order valence-electron chi connectivity index (χ3n) is 3.91. The van der Waals surface area contributed by atoms with Gasteiger partial charge in [0.05, 0.1) is 6.61 Å². The second kappa shape index (κ2) is 6.62. The number of methoxy groups -OCH3 is 1. The fourth-order valence-electron chi connectivity index (χ4n) is 2.74. The molecule has 0 bridgehead atoms. The van der Waals surface area contributed by atoms with Crippen molar-refractivity contribution in [2.75, 3.05) is 18.6 Å². The molecule has 0 saturated heterocycles. The molecule has 1 heterocycles. The van der Waals surface area contributed by atoms with Crippen molar-refractivity contribution < 1.29 is 9.53 Å². The fourth-order valence-corrected chi connectivity index (χ4v) is 2.74. The van der Waals surface area contributed by atoms with E-state index in [1.807, 2.05) is 47.4 Å². The first kappa shape index (κ1) is 14.6. The summed E-state index contributed by atoms with van der Waals surface area (Å²) >= 11 is 0. The van der Waals surface area contributed by atoms with E-state index in [0.29, 0.717) is 13.2 Å². The normalized spacial score (nSPS) is 13.0. The number of nitrogens with zero attached hydrogens (tertiary/aromatic N) is 1. The molecule has 0 saturated carbocycles. The van der Waals surface area contributed by atoms with E-state index in [-0.39, 0.29) is 6.03 Å². The molecule has 0 aromatic heterocycles. The SMILES string of the molecule is COCc1ccc(CNC(=O)N2CCc3ccccc32)cc1. The molecule has 4 nitrogen and oxygen atoms in total. The van der Waals surface area contributed by atoms with E-state index in [1.165, 1.54) is 5.56 Å². The lowest BCUT2D eigenvalue weighted by atomic mass is 10.1. The first-order valence-corrected chi connectivity index (χ1v) is 7.48. The number of fused-ring (bicyclic) bond motifs is 1. The van der Waals surface area contributed by atoms with Crippen LogP contribution in [0.4, 0.5) is 10.5 Å². The van der Waals surface area contributed by atoms with E-state index in [2.05, 4.69) is 11.4 Å². The maximum Gasteiger partial charge on any atom is 0.322 e. The van der Waals surface area contributed by atoms with Crippen molar-refractivity contribution in [3.05, 3.63) is 65.2 Å². The molecule has 0 fully saturated rings. The minimum absolute atomic E-state index is 0.0362. The molecule has 4 heteroatoms. The maximum absolute atomic E-state index is 12.3. The second-order valence-corrected chi connectivity index (χ2v) is 5.44. The molecular weight excluding hydrogens is 276 g/mol. The van der Waals surface area contributed by atoms with Crippen LogP contribution in [-0.2, 0) is 24.3 Å². The van der Waals surface area contributed by atoms with Crippen LogP contribution >= 0.6 is 0 Å². The van der Waals surface area contributed by atoms with Crippen molar-refractivity contribution in [1.29, 1.82) is 0 Å². The van der Waals surface area contributed by atoms with Crippen molar-refractivity contribution in [3.8, 4) is 0 Å². The van der Waals surface area contributed by atoms with Crippen LogP contribution in [0.25, 0.3) is 0 Å². The number of carbonyl (C=O) groups is 1. The Morgan fingerprint density at radius 2 is 1.86 bits per heavy atom. The first-order chi connectivity index (χ1) is 10.8. The average molecular weight is 296 g/mol. The molecule has 0 aliphatic carbocycles. The number of amides is 2. The minimum atomic E-state index is -0.0362. The van der Waals surface area contributed by atoms with Crippen LogP contribution in [0.1, 0.15) is 16.7 Å². The predicted octanol–water partition coefficient (Wildman–Crippen LogP) is 3.11. The van der Waals surface area contributed by atoms with Gasteiger partial charge in [0.25, 0.3) is 0 Å². The van der Waals surface area contributed by atoms with Crippen LogP contribution in [0.2, 0.25) is 0 Å². The molecule has 0 radical (unpaired) electrons. The number of nitrogens with one attached hydrogen (secondary N) is 1. The number of carbonyl (C=O) groups excluding carboxylic acids is 1. The van der Waals surface area contributed by atoms with Crippen molar-refractivity contribution in [1.82, 2.24) is 5.32 Å². The summed E-state index contributed by atoms with van der Waals surface area (Å²) in [6.45, 7) is 1.89. The van der Waals surface area contributed by atoms with Gasteiger partial charge in [-0.15, -0.1) is 0 Å². The van der Waals surface area contributed by atoms with Gasteiger partial charge in [0, 0.05) is 25.9 Å². The molecule has 3 rings (SSSR count). The van der Waals surface area contributed by atoms with Crippen LogP contribution < -0.4 is 10.2 Å². The molecule has 22 heavy (non-hydrogen) atoms. The van der Waals surface area contributed by atoms with E-state index in [0.717, 1.165) is 29.8 Å². The van der Waals surface area contributed by atoms with Gasteiger partial charge < -0.3 is 10.1 Å². The number of hydrogen-bond donors (Lipinski definition) is 1. The van der Waals surface area contributed by atoms with Gasteiger partial charge in [-0.2, -0.15) is 0 Å². The van der Waals surface area contributed by atoms with E-state index < -0.39 is 0 Å². The number of urea groups is 1. The molecule has 2 aromatic carbocycles. The van der Waals surface area contributed by atoms with E-state index >= 15 is 0 Å². The number of ether oxygens (including phenoxy) is 1. The predicted molar refractivity (Wildman–Crippen MR) is 86.9 cm³/mol. The molecule has 2 amide bonds. The summed E-state index contributed by atoms with van der Waals surface area (Å²) in [5.74, 6) is 0. The molecule has 0 unspecified atom stereocenters. The van der Waals surface area contributed by atoms with E-state index in [1.54, 1.807) is 7.11 Å². The molecule has 0 atom stereocenters. The summed E-state index contributed by atoms with van der Waals surface area (Å²) < 4.78 is 5.09. The fraction of sp³-hybridized carbons (Fsp3) is 0.278. The quantitative estimate of drug-likeness (QED) is 0.942. The Morgan fingerprint density at radius 1 is 1.14 bits per heavy atom. The Kier molecular flexibility index (Phi) is 4.39. The Hall–Kier alpha value is -2.33. The zero-order chi connectivity index (χ0) is 15.4. The van der Waals surface area contributed by atoms with Gasteiger partial charge in [0.2, 0.25) is 0 Å². The Bertz CT molecular complexity index is 652. The van der Waals surface area contributed by atoms with Gasteiger partial charge in [-0.05, 0) is 29.2 Å². The average Bonchev–Trinajstić information content (AvgIpc) is 2.98. The highest BCUT2D eigenvalue weighted by atomic mass is 16.5. The maximum atomic E-state index is 12.3. The highest BCUT2D eigenvalue weighted by molar-refractivity contribution is 5.94. The second-order valence-electron chi connectivity index (χ2n) is 5.44. The number of hydrogen-bond acceptors (Lipinski definition) is 2. The summed E-state index contributed by atoms with van der Waals surface area (Å²) in [4.78, 5) is 14.2. The van der Waals surface area contributed by atoms with Gasteiger partial charge >= 0.3 is 6.03 Å². The molecular formula is C18H20N2O2. The number of rotatable bonds is 4. The molecule has 0 spiro atoms. The highest BCUT2D eigenvalue weighted by Gasteiger charge is 2.23. The third-order valence-corrected chi connectivity index (χ3v) is 3.91. The van der Waals surface area contributed by atoms with Crippen LogP contribution in [0.5, 0.6) is 0 Å². The van der Waals surface area contributed by atoms with Gasteiger partial charge in [-0.3, -0.25) is 4.90 Å². The number of benzene rings is 2. The largest absolute Gasteiger partial charge is 0.380 e. The van der Waals surface area contributed by atoms with Crippen LogP contribution in [-0.4, -0.2) is 19.7 Å². The van der Waals surface area contributed by atoms with Crippen molar-refractivity contribution in [2.45, 2.75) is 19.6 Å². The topological polar surface area (TPSA) is 41.6 Å². The zero-order valence-corrected chi connectivity index (χ0v) is 12.7. The lowest BCUT2D eigenvalue weighted by molar-refractivity contribution is 0.185. The van der Waals surface area contributed by atoms with Gasteiger partial charge in [-0.25, -0.2) is 4.79 Å². The summed E-state index contributed by atoms with van der Waals surface area (Å²) in [6.07, 6.45) is 0.926. The Balaban J connectivity index is 1.59. The van der Waals surface area contributed by atoms with E-state index in [4.69, 9.17) is 4.74 Å². The van der Waals surface area contributed by atoms with Crippen LogP contribution in [0, 0.1) is 0 Å². The van der Waals surface area contributed by atoms with Gasteiger partial charge in [-0.1, -0.05) is 42.5 Å². The van der Waals surface area contributed by atoms with Crippen molar-refractivity contribution in [3.63, 3.8) is 0 Å². The van der Waals surface area contributed by atoms with Crippen molar-refractivity contribution >= 4 is 11.7 Å². The van der Waals surface area contributed by atoms with Crippen molar-refractivity contribution in [2.24, 2.45) is 0 Å². The standard InChI is InChI=1S/C18H20N2O2/c1-22-13-15-8-6-14(7-9-15)12-19-18(21)20-11-10-16-4-2-3-5-17(16)20/h2-9H,10-13H2,1H3,(H,19,21). The van der Waals surface area contributed by atoms with Crippen LogP contribution in [0.15, 0.2) is 48.5 Å². The molecule has 1 aliphatic heterocycles. The summed E-state index contributed by atoms with van der Waals surface area (Å²) in [5.41, 5.74) is 4.48. The van der Waals surface area contributed by atoms with Crippen LogP contribution in [0.3, 0.4) is 0 Å². The van der Waals surface area contributed by atoms with Gasteiger partial charge in [0.15, 0.2) is 0 Å². The monoisotopic (exact) mass is 296 g/mol. The summed E-state index contributed by atoms with van der Waals surface area (Å²) in [7, 11) is 1.68. The Labute approximate surface area is 130 Å². The summed E-state index contributed by atoms with van der Waals surface area (Å²) in [6, 6.07) is 16.1. The van der Waals surface area contributed by atoms with Gasteiger partial charge in [0.1, 0.15) is 0 Å². The minimum Gasteiger partial charge on any atom is -0.380 e. The zero-order valence-electron chi connectivity index (χ0n) is 12.7. The Morgan fingerprint density at radius 3 is 2.64 bits per heavy atom. The molecule has 1 N–H and O–H groups in total. The summed E-state index contributed by atoms with van der Waals surface area (Å²) in [5, 5.41) is 2.99. The molecule has 2 aromatic rings. The lowest BCUT2D eigenvalue weighted by Crippen LogP contribution is -2.38. The highest BCUT2D eigenvalue weighted by Crippen LogP contribution is 2.27. The van der Waals surface area contributed by atoms with E-state index in [9.17, 15) is 4.79 Å². The third kappa shape index (κ3) is 3.12. The number of anilines is 1. The smallest absolute Gasteiger partial charge is 0.322 e. The molecule has 1 aliphatic rings. The lowest BCUT2D eigenvalue weighted by Gasteiger charge is -2.18. The number of para-hydroxylation sites is 1.